The van der Waals surface area contributed by atoms with Crippen molar-refractivity contribution < 1.29 is 4.74 Å². The average Bonchev–Trinajstić information content (AvgIpc) is 2.96. The molecule has 0 spiro atoms. The van der Waals surface area contributed by atoms with Gasteiger partial charge < -0.3 is 10.1 Å². The summed E-state index contributed by atoms with van der Waals surface area (Å²) in [4.78, 5) is 2.77. The SMILES string of the molecule is CCCCN(CC1CCCN1)C1CCOC(C(C)C)C1. The molecule has 0 saturated carbocycles. The Morgan fingerprint density at radius 2 is 2.15 bits per heavy atom. The van der Waals surface area contributed by atoms with Crippen molar-refractivity contribution >= 4 is 0 Å². The maximum absolute atomic E-state index is 5.95. The molecule has 2 saturated heterocycles. The highest BCUT2D eigenvalue weighted by Gasteiger charge is 2.30. The molecule has 3 unspecified atom stereocenters. The molecule has 0 bridgehead atoms. The van der Waals surface area contributed by atoms with E-state index in [0.29, 0.717) is 12.0 Å². The third-order valence-electron chi connectivity index (χ3n) is 4.96. The minimum absolute atomic E-state index is 0.467. The Hall–Kier alpha value is -0.120. The van der Waals surface area contributed by atoms with Crippen LogP contribution >= 0.6 is 0 Å². The molecule has 0 amide bonds. The quantitative estimate of drug-likeness (QED) is 0.777. The van der Waals surface area contributed by atoms with Gasteiger partial charge in [-0.15, -0.1) is 0 Å². The second-order valence-corrected chi connectivity index (χ2v) is 6.97. The van der Waals surface area contributed by atoms with Crippen LogP contribution in [0.5, 0.6) is 0 Å². The highest BCUT2D eigenvalue weighted by molar-refractivity contribution is 4.85. The zero-order valence-corrected chi connectivity index (χ0v) is 13.7. The van der Waals surface area contributed by atoms with Gasteiger partial charge in [0.05, 0.1) is 6.10 Å². The van der Waals surface area contributed by atoms with Crippen LogP contribution in [0.3, 0.4) is 0 Å². The van der Waals surface area contributed by atoms with Crippen molar-refractivity contribution in [3.8, 4) is 0 Å². The van der Waals surface area contributed by atoms with Crippen molar-refractivity contribution in [2.45, 2.75) is 77.5 Å². The van der Waals surface area contributed by atoms with E-state index in [0.717, 1.165) is 18.7 Å². The fraction of sp³-hybridized carbons (Fsp3) is 1.00. The lowest BCUT2D eigenvalue weighted by molar-refractivity contribution is -0.0496. The highest BCUT2D eigenvalue weighted by Crippen LogP contribution is 2.25. The molecule has 0 aliphatic carbocycles. The summed E-state index contributed by atoms with van der Waals surface area (Å²) < 4.78 is 5.95. The van der Waals surface area contributed by atoms with Crippen LogP contribution in [0.15, 0.2) is 0 Å². The maximum Gasteiger partial charge on any atom is 0.0612 e. The summed E-state index contributed by atoms with van der Waals surface area (Å²) in [5.41, 5.74) is 0. The highest BCUT2D eigenvalue weighted by atomic mass is 16.5. The van der Waals surface area contributed by atoms with E-state index in [9.17, 15) is 0 Å². The molecule has 0 aromatic heterocycles. The summed E-state index contributed by atoms with van der Waals surface area (Å²) in [5, 5.41) is 3.66. The number of nitrogens with one attached hydrogen (secondary N) is 1. The molecule has 2 fully saturated rings. The third kappa shape index (κ3) is 4.71. The maximum atomic E-state index is 5.95. The van der Waals surface area contributed by atoms with E-state index in [4.69, 9.17) is 4.74 Å². The Balaban J connectivity index is 1.89. The van der Waals surface area contributed by atoms with Crippen LogP contribution in [0, 0.1) is 5.92 Å². The van der Waals surface area contributed by atoms with E-state index in [1.807, 2.05) is 0 Å². The van der Waals surface area contributed by atoms with E-state index in [2.05, 4.69) is 31.0 Å². The Labute approximate surface area is 125 Å². The first-order valence-electron chi connectivity index (χ1n) is 8.79. The van der Waals surface area contributed by atoms with Crippen molar-refractivity contribution in [2.24, 2.45) is 5.92 Å². The van der Waals surface area contributed by atoms with E-state index in [1.54, 1.807) is 0 Å². The summed E-state index contributed by atoms with van der Waals surface area (Å²) in [6.07, 6.45) is 8.26. The second-order valence-electron chi connectivity index (χ2n) is 6.97. The minimum Gasteiger partial charge on any atom is -0.378 e. The molecule has 3 heteroatoms. The summed E-state index contributed by atoms with van der Waals surface area (Å²) in [7, 11) is 0. The minimum atomic E-state index is 0.467. The molecule has 3 nitrogen and oxygen atoms in total. The molecule has 118 valence electrons. The number of nitrogens with zero attached hydrogens (tertiary/aromatic N) is 1. The number of unbranched alkanes of at least 4 members (excludes halogenated alkanes) is 1. The molecule has 0 aromatic carbocycles. The molecule has 3 atom stereocenters. The van der Waals surface area contributed by atoms with Crippen LogP contribution in [0.25, 0.3) is 0 Å². The summed E-state index contributed by atoms with van der Waals surface area (Å²) in [6.45, 7) is 11.6. The molecular weight excluding hydrogens is 248 g/mol. The lowest BCUT2D eigenvalue weighted by Gasteiger charge is -2.40. The predicted molar refractivity (Wildman–Crippen MR) is 85.1 cm³/mol. The van der Waals surface area contributed by atoms with Crippen LogP contribution in [0.4, 0.5) is 0 Å². The van der Waals surface area contributed by atoms with E-state index in [1.165, 1.54) is 58.2 Å². The predicted octanol–water partition coefficient (Wildman–Crippen LogP) is 3.04. The van der Waals surface area contributed by atoms with Crippen molar-refractivity contribution in [1.29, 1.82) is 0 Å². The molecule has 2 heterocycles. The van der Waals surface area contributed by atoms with Crippen molar-refractivity contribution in [3.05, 3.63) is 0 Å². The number of ether oxygens (including phenoxy) is 1. The first-order valence-corrected chi connectivity index (χ1v) is 8.79. The van der Waals surface area contributed by atoms with Gasteiger partial charge in [0.2, 0.25) is 0 Å². The average molecular weight is 282 g/mol. The zero-order chi connectivity index (χ0) is 14.4. The van der Waals surface area contributed by atoms with Crippen LogP contribution < -0.4 is 5.32 Å². The topological polar surface area (TPSA) is 24.5 Å². The molecule has 2 aliphatic heterocycles. The van der Waals surface area contributed by atoms with Crippen LogP contribution in [-0.2, 0) is 4.74 Å². The Morgan fingerprint density at radius 1 is 1.30 bits per heavy atom. The van der Waals surface area contributed by atoms with Gasteiger partial charge in [-0.2, -0.15) is 0 Å². The lowest BCUT2D eigenvalue weighted by Crippen LogP contribution is -2.48. The van der Waals surface area contributed by atoms with E-state index in [-0.39, 0.29) is 0 Å². The molecular formula is C17H34N2O. The fourth-order valence-corrected chi connectivity index (χ4v) is 3.59. The normalized spacial score (nSPS) is 31.4. The van der Waals surface area contributed by atoms with Gasteiger partial charge in [-0.25, -0.2) is 0 Å². The smallest absolute Gasteiger partial charge is 0.0612 e. The first kappa shape index (κ1) is 16.3. The van der Waals surface area contributed by atoms with Crippen molar-refractivity contribution in [2.75, 3.05) is 26.2 Å². The van der Waals surface area contributed by atoms with E-state index < -0.39 is 0 Å². The fourth-order valence-electron chi connectivity index (χ4n) is 3.59. The third-order valence-corrected chi connectivity index (χ3v) is 4.96. The molecule has 2 rings (SSSR count). The Bertz CT molecular complexity index is 264. The summed E-state index contributed by atoms with van der Waals surface area (Å²) in [6, 6.07) is 1.47. The molecule has 1 N–H and O–H groups in total. The van der Waals surface area contributed by atoms with Gasteiger partial charge >= 0.3 is 0 Å². The number of rotatable bonds is 7. The van der Waals surface area contributed by atoms with Crippen molar-refractivity contribution in [1.82, 2.24) is 10.2 Å². The second kappa shape index (κ2) is 8.35. The van der Waals surface area contributed by atoms with Crippen LogP contribution in [-0.4, -0.2) is 49.3 Å². The van der Waals surface area contributed by atoms with Crippen molar-refractivity contribution in [3.63, 3.8) is 0 Å². The van der Waals surface area contributed by atoms with Gasteiger partial charge in [0.25, 0.3) is 0 Å². The molecule has 0 radical (unpaired) electrons. The van der Waals surface area contributed by atoms with E-state index >= 15 is 0 Å². The molecule has 20 heavy (non-hydrogen) atoms. The van der Waals surface area contributed by atoms with Crippen LogP contribution in [0.1, 0.15) is 59.3 Å². The Morgan fingerprint density at radius 3 is 2.80 bits per heavy atom. The zero-order valence-electron chi connectivity index (χ0n) is 13.7. The lowest BCUT2D eigenvalue weighted by atomic mass is 9.94. The molecule has 0 aromatic rings. The van der Waals surface area contributed by atoms with Gasteiger partial charge in [-0.3, -0.25) is 4.90 Å². The van der Waals surface area contributed by atoms with Gasteiger partial charge in [0.15, 0.2) is 0 Å². The summed E-state index contributed by atoms with van der Waals surface area (Å²) in [5.74, 6) is 0.649. The van der Waals surface area contributed by atoms with Gasteiger partial charge in [-0.1, -0.05) is 27.2 Å². The van der Waals surface area contributed by atoms with Gasteiger partial charge in [-0.05, 0) is 51.1 Å². The largest absolute Gasteiger partial charge is 0.378 e. The monoisotopic (exact) mass is 282 g/mol. The van der Waals surface area contributed by atoms with Gasteiger partial charge in [0.1, 0.15) is 0 Å². The first-order chi connectivity index (χ1) is 9.70. The Kier molecular flexibility index (Phi) is 6.79. The number of hydrogen-bond acceptors (Lipinski definition) is 3. The number of hydrogen-bond donors (Lipinski definition) is 1. The standard InChI is InChI=1S/C17H34N2O/c1-4-5-10-19(13-15-7-6-9-18-15)16-8-11-20-17(12-16)14(2)3/h14-18H,4-13H2,1-3H3. The molecule has 2 aliphatic rings. The summed E-state index contributed by atoms with van der Waals surface area (Å²) >= 11 is 0. The van der Waals surface area contributed by atoms with Crippen LogP contribution in [0.2, 0.25) is 0 Å². The van der Waals surface area contributed by atoms with Gasteiger partial charge in [0, 0.05) is 25.2 Å².